The molecule has 0 fully saturated rings. The Kier molecular flexibility index (Phi) is 8.48. The van der Waals surface area contributed by atoms with E-state index in [0.717, 1.165) is 19.6 Å². The normalized spacial score (nSPS) is 11.9. The Hall–Kier alpha value is -1.68. The Morgan fingerprint density at radius 2 is 1.75 bits per heavy atom. The molecule has 1 aromatic carbocycles. The van der Waals surface area contributed by atoms with Gasteiger partial charge in [0.1, 0.15) is 19.6 Å². The summed E-state index contributed by atoms with van der Waals surface area (Å²) in [5, 5.41) is 0. The van der Waals surface area contributed by atoms with Crippen LogP contribution in [-0.4, -0.2) is 43.6 Å². The van der Waals surface area contributed by atoms with Gasteiger partial charge in [0.25, 0.3) is 0 Å². The first-order valence-electron chi connectivity index (χ1n) is 5.82. The van der Waals surface area contributed by atoms with Gasteiger partial charge in [-0.15, -0.1) is 0 Å². The number of nitrogens with two attached hydrogens (primary N) is 2. The maximum atomic E-state index is 8.52. The highest BCUT2D eigenvalue weighted by Crippen LogP contribution is 1.94. The minimum absolute atomic E-state index is 0.294. The highest BCUT2D eigenvalue weighted by molar-refractivity contribution is 7.79. The Labute approximate surface area is 118 Å². The van der Waals surface area contributed by atoms with Crippen LogP contribution < -0.4 is 21.4 Å². The lowest BCUT2D eigenvalue weighted by Crippen LogP contribution is -3.10. The quantitative estimate of drug-likeness (QED) is 0.187. The van der Waals surface area contributed by atoms with Gasteiger partial charge in [-0.1, -0.05) is 30.3 Å². The Bertz CT molecular complexity index is 492. The van der Waals surface area contributed by atoms with Gasteiger partial charge in [0.2, 0.25) is 0 Å². The van der Waals surface area contributed by atoms with Gasteiger partial charge in [0, 0.05) is 16.0 Å². The summed E-state index contributed by atoms with van der Waals surface area (Å²) < 4.78 is 34.1. The summed E-state index contributed by atoms with van der Waals surface area (Å²) in [6.45, 7) is 2.82. The number of guanidine groups is 1. The van der Waals surface area contributed by atoms with Crippen LogP contribution in [0.4, 0.5) is 0 Å². The molecule has 0 amide bonds. The average Bonchev–Trinajstić information content (AvgIpc) is 2.27. The molecule has 9 heteroatoms. The standard InChI is InChI=1S/C11H18N4.H2O4S/c1-15(8-7-14-11(12)13)9-10-5-3-2-4-6-10;1-5(2,3)4/h2-6H,7-9H2,1H3,(H4,12,13,14);(H2,1,2,3,4). The van der Waals surface area contributed by atoms with Crippen molar-refractivity contribution < 1.29 is 27.4 Å². The van der Waals surface area contributed by atoms with Crippen LogP contribution in [0.3, 0.4) is 0 Å². The number of likely N-dealkylation sites (N-methyl/N-ethyl adjacent to an activating group) is 1. The number of rotatable bonds is 5. The first-order chi connectivity index (χ1) is 9.18. The molecule has 0 heterocycles. The van der Waals surface area contributed by atoms with E-state index in [0.29, 0.717) is 5.96 Å². The summed E-state index contributed by atoms with van der Waals surface area (Å²) in [7, 11) is -3.01. The first-order valence-corrected chi connectivity index (χ1v) is 7.15. The molecule has 1 atom stereocenters. The molecular weight excluding hydrogens is 284 g/mol. The van der Waals surface area contributed by atoms with Crippen LogP contribution in [0.25, 0.3) is 0 Å². The van der Waals surface area contributed by atoms with E-state index in [1.165, 1.54) is 10.5 Å². The van der Waals surface area contributed by atoms with Crippen LogP contribution in [0.5, 0.6) is 0 Å². The third-order valence-corrected chi connectivity index (χ3v) is 2.23. The Balaban J connectivity index is 0.000000621. The van der Waals surface area contributed by atoms with E-state index in [-0.39, 0.29) is 0 Å². The van der Waals surface area contributed by atoms with E-state index in [4.69, 9.17) is 29.0 Å². The minimum Gasteiger partial charge on any atom is -0.759 e. The lowest BCUT2D eigenvalue weighted by Gasteiger charge is -2.12. The van der Waals surface area contributed by atoms with Crippen molar-refractivity contribution >= 4 is 16.4 Å². The zero-order chi connectivity index (χ0) is 15.6. The fourth-order valence-corrected chi connectivity index (χ4v) is 1.45. The predicted octanol–water partition coefficient (Wildman–Crippen LogP) is -4.28. The van der Waals surface area contributed by atoms with Crippen molar-refractivity contribution in [1.29, 1.82) is 0 Å². The van der Waals surface area contributed by atoms with E-state index in [1.54, 1.807) is 0 Å². The van der Waals surface area contributed by atoms with Crippen molar-refractivity contribution in [2.45, 2.75) is 6.54 Å². The first kappa shape index (κ1) is 18.3. The molecule has 1 unspecified atom stereocenters. The molecule has 1 aromatic rings. The Morgan fingerprint density at radius 3 is 2.20 bits per heavy atom. The zero-order valence-corrected chi connectivity index (χ0v) is 12.0. The molecule has 0 aliphatic rings. The fraction of sp³-hybridized carbons (Fsp3) is 0.364. The zero-order valence-electron chi connectivity index (χ0n) is 11.2. The monoisotopic (exact) mass is 304 g/mol. The van der Waals surface area contributed by atoms with Crippen LogP contribution in [0.2, 0.25) is 0 Å². The van der Waals surface area contributed by atoms with Gasteiger partial charge in [-0.05, 0) is 0 Å². The van der Waals surface area contributed by atoms with E-state index in [2.05, 4.69) is 36.3 Å². The smallest absolute Gasteiger partial charge is 0.338 e. The molecule has 20 heavy (non-hydrogen) atoms. The number of quaternary nitrogens is 1. The molecule has 0 aliphatic carbocycles. The summed E-state index contributed by atoms with van der Waals surface area (Å²) in [6.07, 6.45) is 0. The molecule has 0 saturated heterocycles. The lowest BCUT2D eigenvalue weighted by atomic mass is 10.2. The summed E-state index contributed by atoms with van der Waals surface area (Å²) in [5.41, 5.74) is 12.0. The van der Waals surface area contributed by atoms with Gasteiger partial charge in [0.15, 0.2) is 0 Å². The molecule has 0 bridgehead atoms. The predicted molar refractivity (Wildman–Crippen MR) is 71.6 cm³/mol. The molecular formula is C11H20N4O4S. The fourth-order valence-electron chi connectivity index (χ4n) is 1.45. The van der Waals surface area contributed by atoms with Gasteiger partial charge < -0.3 is 14.0 Å². The number of benzene rings is 1. The summed E-state index contributed by atoms with van der Waals surface area (Å²) in [6, 6.07) is 10.4. The minimum atomic E-state index is -5.17. The molecule has 8 nitrogen and oxygen atoms in total. The van der Waals surface area contributed by atoms with Crippen LogP contribution in [0.1, 0.15) is 5.56 Å². The number of nitrogens with one attached hydrogen (secondary N) is 2. The largest absolute Gasteiger partial charge is 0.759 e. The average molecular weight is 304 g/mol. The second-order valence-electron chi connectivity index (χ2n) is 4.16. The maximum absolute atomic E-state index is 8.52. The van der Waals surface area contributed by atoms with Crippen molar-refractivity contribution in [2.75, 3.05) is 20.1 Å². The third kappa shape index (κ3) is 14.4. The number of hydrogen-bond donors (Lipinski definition) is 4. The SMILES string of the molecule is C[NH+](CC[NH+]=C(N)N)Cc1ccccc1.O=S(=O)([O-])[O-]. The molecule has 0 aliphatic heterocycles. The van der Waals surface area contributed by atoms with Crippen molar-refractivity contribution in [3.05, 3.63) is 35.9 Å². The second-order valence-corrected chi connectivity index (χ2v) is 4.98. The van der Waals surface area contributed by atoms with Crippen molar-refractivity contribution in [1.82, 2.24) is 0 Å². The second kappa shape index (κ2) is 9.26. The molecule has 0 radical (unpaired) electrons. The molecule has 114 valence electrons. The molecule has 0 saturated carbocycles. The molecule has 0 aromatic heterocycles. The molecule has 0 spiro atoms. The van der Waals surface area contributed by atoms with Crippen molar-refractivity contribution in [2.24, 2.45) is 11.5 Å². The molecule has 1 rings (SSSR count). The number of hydrogen-bond acceptors (Lipinski definition) is 4. The van der Waals surface area contributed by atoms with Crippen LogP contribution in [0, 0.1) is 0 Å². The topological polar surface area (TPSA) is 151 Å². The van der Waals surface area contributed by atoms with Crippen LogP contribution in [-0.2, 0) is 16.9 Å². The summed E-state index contributed by atoms with van der Waals surface area (Å²) >= 11 is 0. The highest BCUT2D eigenvalue weighted by atomic mass is 32.3. The van der Waals surface area contributed by atoms with Crippen molar-refractivity contribution in [3.8, 4) is 0 Å². The maximum Gasteiger partial charge on any atom is 0.338 e. The van der Waals surface area contributed by atoms with Gasteiger partial charge >= 0.3 is 5.96 Å². The third-order valence-electron chi connectivity index (χ3n) is 2.23. The van der Waals surface area contributed by atoms with E-state index >= 15 is 0 Å². The van der Waals surface area contributed by atoms with Crippen LogP contribution in [0.15, 0.2) is 30.3 Å². The van der Waals surface area contributed by atoms with Gasteiger partial charge in [-0.25, -0.2) is 0 Å². The highest BCUT2D eigenvalue weighted by Gasteiger charge is 2.02. The van der Waals surface area contributed by atoms with E-state index < -0.39 is 10.4 Å². The van der Waals surface area contributed by atoms with E-state index in [1.807, 2.05) is 6.07 Å². The van der Waals surface area contributed by atoms with Gasteiger partial charge in [-0.2, -0.15) is 0 Å². The molecule has 6 N–H and O–H groups in total. The van der Waals surface area contributed by atoms with Crippen molar-refractivity contribution in [3.63, 3.8) is 0 Å². The van der Waals surface area contributed by atoms with Crippen LogP contribution >= 0.6 is 0 Å². The van der Waals surface area contributed by atoms with Gasteiger partial charge in [0.05, 0.1) is 7.05 Å². The lowest BCUT2D eigenvalue weighted by molar-refractivity contribution is -0.900. The van der Waals surface area contributed by atoms with Gasteiger partial charge in [-0.3, -0.25) is 24.9 Å². The Morgan fingerprint density at radius 1 is 1.25 bits per heavy atom. The summed E-state index contributed by atoms with van der Waals surface area (Å²) in [4.78, 5) is 4.34. The van der Waals surface area contributed by atoms with E-state index in [9.17, 15) is 0 Å². The summed E-state index contributed by atoms with van der Waals surface area (Å²) in [5.74, 6) is 0.294.